The number of oxazole rings is 1. The average Bonchev–Trinajstić information content (AvgIpc) is 3.28. The van der Waals surface area contributed by atoms with Crippen LogP contribution in [0, 0.1) is 11.7 Å². The van der Waals surface area contributed by atoms with E-state index in [1.54, 1.807) is 0 Å². The molecule has 0 bridgehead atoms. The number of para-hydroxylation sites is 2. The van der Waals surface area contributed by atoms with Crippen LogP contribution >= 0.6 is 0 Å². The molecule has 32 heavy (non-hydrogen) atoms. The van der Waals surface area contributed by atoms with E-state index in [1.807, 2.05) is 36.4 Å². The first-order valence-electron chi connectivity index (χ1n) is 11.8. The van der Waals surface area contributed by atoms with Gasteiger partial charge in [-0.15, -0.1) is 0 Å². The van der Waals surface area contributed by atoms with Crippen LogP contribution in [-0.2, 0) is 10.2 Å². The van der Waals surface area contributed by atoms with Crippen molar-refractivity contribution in [2.75, 3.05) is 24.5 Å². The van der Waals surface area contributed by atoms with E-state index in [9.17, 15) is 9.18 Å². The maximum absolute atomic E-state index is 13.5. The molecule has 5 nitrogen and oxygen atoms in total. The van der Waals surface area contributed by atoms with Crippen molar-refractivity contribution >= 4 is 23.0 Å². The van der Waals surface area contributed by atoms with E-state index in [0.29, 0.717) is 12.6 Å². The lowest BCUT2D eigenvalue weighted by atomic mass is 9.69. The summed E-state index contributed by atoms with van der Waals surface area (Å²) in [4.78, 5) is 19.7. The molecule has 0 spiro atoms. The van der Waals surface area contributed by atoms with Gasteiger partial charge in [0.15, 0.2) is 5.58 Å². The molecule has 168 valence electrons. The lowest BCUT2D eigenvalue weighted by Crippen LogP contribution is -2.46. The number of amides is 1. The molecule has 1 aromatic heterocycles. The predicted molar refractivity (Wildman–Crippen MR) is 123 cm³/mol. The summed E-state index contributed by atoms with van der Waals surface area (Å²) in [5, 5.41) is 3.26. The van der Waals surface area contributed by atoms with E-state index < -0.39 is 0 Å². The minimum Gasteiger partial charge on any atom is -0.423 e. The molecule has 6 heteroatoms. The van der Waals surface area contributed by atoms with Crippen LogP contribution in [0.15, 0.2) is 52.9 Å². The number of nitrogens with one attached hydrogen (secondary N) is 1. The number of hydrogen-bond acceptors (Lipinski definition) is 4. The molecule has 2 aromatic carbocycles. The molecule has 0 atom stereocenters. The Morgan fingerprint density at radius 2 is 1.78 bits per heavy atom. The Morgan fingerprint density at radius 3 is 2.50 bits per heavy atom. The first-order chi connectivity index (χ1) is 15.6. The Bertz CT molecular complexity index is 1030. The van der Waals surface area contributed by atoms with E-state index in [2.05, 4.69) is 15.2 Å². The van der Waals surface area contributed by atoms with Gasteiger partial charge >= 0.3 is 0 Å². The molecule has 1 aliphatic carbocycles. The second-order valence-electron chi connectivity index (χ2n) is 9.29. The second kappa shape index (κ2) is 8.93. The fraction of sp³-hybridized carbons (Fsp3) is 0.462. The number of nitrogens with zero attached hydrogens (tertiary/aromatic N) is 2. The highest BCUT2D eigenvalue weighted by molar-refractivity contribution is 5.79. The number of benzene rings is 2. The summed E-state index contributed by atoms with van der Waals surface area (Å²) in [6.07, 6.45) is 7.17. The van der Waals surface area contributed by atoms with E-state index in [1.165, 1.54) is 18.6 Å². The maximum Gasteiger partial charge on any atom is 0.298 e. The lowest BCUT2D eigenvalue weighted by Gasteiger charge is -2.39. The van der Waals surface area contributed by atoms with E-state index in [4.69, 9.17) is 4.42 Å². The Balaban J connectivity index is 1.20. The lowest BCUT2D eigenvalue weighted by molar-refractivity contribution is -0.126. The summed E-state index contributed by atoms with van der Waals surface area (Å²) in [7, 11) is 0. The van der Waals surface area contributed by atoms with Crippen molar-refractivity contribution in [1.29, 1.82) is 0 Å². The van der Waals surface area contributed by atoms with Gasteiger partial charge in [-0.05, 0) is 55.5 Å². The molecule has 1 saturated heterocycles. The van der Waals surface area contributed by atoms with Crippen molar-refractivity contribution in [2.24, 2.45) is 5.92 Å². The van der Waals surface area contributed by atoms with E-state index >= 15 is 0 Å². The van der Waals surface area contributed by atoms with Gasteiger partial charge in [-0.2, -0.15) is 4.98 Å². The molecule has 1 aliphatic heterocycles. The molecule has 1 amide bonds. The van der Waals surface area contributed by atoms with Gasteiger partial charge in [-0.1, -0.05) is 43.5 Å². The highest BCUT2D eigenvalue weighted by Crippen LogP contribution is 2.39. The summed E-state index contributed by atoms with van der Waals surface area (Å²) in [5.74, 6) is -0.0757. The smallest absolute Gasteiger partial charge is 0.298 e. The predicted octanol–water partition coefficient (Wildman–Crippen LogP) is 5.20. The third-order valence-corrected chi connectivity index (χ3v) is 7.29. The molecule has 0 radical (unpaired) electrons. The van der Waals surface area contributed by atoms with Crippen LogP contribution in [0.5, 0.6) is 0 Å². The van der Waals surface area contributed by atoms with Gasteiger partial charge < -0.3 is 14.6 Å². The number of fused-ring (bicyclic) bond motifs is 1. The number of hydrogen-bond donors (Lipinski definition) is 1. The van der Waals surface area contributed by atoms with Gasteiger partial charge in [0.1, 0.15) is 11.3 Å². The first kappa shape index (κ1) is 21.0. The van der Waals surface area contributed by atoms with Crippen LogP contribution in [-0.4, -0.2) is 30.5 Å². The van der Waals surface area contributed by atoms with Crippen molar-refractivity contribution in [1.82, 2.24) is 10.3 Å². The molecule has 2 fully saturated rings. The molecule has 2 aliphatic rings. The third kappa shape index (κ3) is 4.23. The minimum atomic E-state index is -0.213. The van der Waals surface area contributed by atoms with Crippen molar-refractivity contribution in [3.8, 4) is 0 Å². The Labute approximate surface area is 188 Å². The summed E-state index contributed by atoms with van der Waals surface area (Å²) in [6, 6.07) is 15.3. The summed E-state index contributed by atoms with van der Waals surface area (Å²) < 4.78 is 19.4. The molecular formula is C26H30FN3O2. The third-order valence-electron chi connectivity index (χ3n) is 7.29. The fourth-order valence-electron chi connectivity index (χ4n) is 5.33. The molecule has 2 heterocycles. The molecule has 5 rings (SSSR count). The highest BCUT2D eigenvalue weighted by Gasteiger charge is 2.35. The number of aromatic nitrogens is 1. The number of rotatable bonds is 5. The van der Waals surface area contributed by atoms with Crippen LogP contribution < -0.4 is 10.2 Å². The normalized spacial score (nSPS) is 19.2. The highest BCUT2D eigenvalue weighted by atomic mass is 19.1. The maximum atomic E-state index is 13.5. The Hall–Kier alpha value is -2.89. The number of carbonyl (C=O) groups excluding carboxylic acids is 1. The monoisotopic (exact) mass is 435 g/mol. The van der Waals surface area contributed by atoms with Crippen molar-refractivity contribution in [3.05, 3.63) is 59.9 Å². The summed E-state index contributed by atoms with van der Waals surface area (Å²) in [5.41, 5.74) is 2.71. The van der Waals surface area contributed by atoms with E-state index in [0.717, 1.165) is 68.3 Å². The quantitative estimate of drug-likeness (QED) is 0.598. The van der Waals surface area contributed by atoms with Gasteiger partial charge in [-0.25, -0.2) is 4.39 Å². The van der Waals surface area contributed by atoms with Crippen LogP contribution in [0.4, 0.5) is 10.4 Å². The number of halogens is 1. The number of carbonyl (C=O) groups is 1. The summed E-state index contributed by atoms with van der Waals surface area (Å²) >= 11 is 0. The molecular weight excluding hydrogens is 405 g/mol. The van der Waals surface area contributed by atoms with Gasteiger partial charge in [0.05, 0.1) is 0 Å². The Morgan fingerprint density at radius 1 is 1.06 bits per heavy atom. The van der Waals surface area contributed by atoms with Crippen molar-refractivity contribution in [3.63, 3.8) is 0 Å². The molecule has 1 saturated carbocycles. The molecule has 1 N–H and O–H groups in total. The number of anilines is 1. The minimum absolute atomic E-state index is 0.00415. The van der Waals surface area contributed by atoms with Crippen molar-refractivity contribution in [2.45, 2.75) is 50.4 Å². The van der Waals surface area contributed by atoms with Crippen LogP contribution in [0.25, 0.3) is 11.1 Å². The largest absolute Gasteiger partial charge is 0.423 e. The van der Waals surface area contributed by atoms with Gasteiger partial charge in [-0.3, -0.25) is 4.79 Å². The Kier molecular flexibility index (Phi) is 5.85. The van der Waals surface area contributed by atoms with Crippen LogP contribution in [0.1, 0.15) is 50.5 Å². The van der Waals surface area contributed by atoms with Gasteiger partial charge in [0, 0.05) is 31.0 Å². The zero-order chi connectivity index (χ0) is 22.0. The van der Waals surface area contributed by atoms with Crippen LogP contribution in [0.3, 0.4) is 0 Å². The van der Waals surface area contributed by atoms with Crippen LogP contribution in [0.2, 0.25) is 0 Å². The zero-order valence-corrected chi connectivity index (χ0v) is 18.4. The van der Waals surface area contributed by atoms with Gasteiger partial charge in [0.2, 0.25) is 5.91 Å². The second-order valence-corrected chi connectivity index (χ2v) is 9.29. The molecule has 3 aromatic rings. The average molecular weight is 436 g/mol. The zero-order valence-electron chi connectivity index (χ0n) is 18.4. The number of piperidine rings is 1. The first-order valence-corrected chi connectivity index (χ1v) is 11.8. The summed E-state index contributed by atoms with van der Waals surface area (Å²) in [6.45, 7) is 2.14. The fourth-order valence-corrected chi connectivity index (χ4v) is 5.33. The molecule has 0 unspecified atom stereocenters. The van der Waals surface area contributed by atoms with Gasteiger partial charge in [0.25, 0.3) is 6.01 Å². The standard InChI is InChI=1S/C26H30FN3O2/c27-21-10-8-20(9-11-21)26(14-4-1-5-15-26)18-28-24(31)19-12-16-30(17-13-19)25-29-22-6-2-3-7-23(22)32-25/h2-3,6-11,19H,1,4-5,12-18H2,(H,28,31). The SMILES string of the molecule is O=C(NCC1(c2ccc(F)cc2)CCCCC1)C1CCN(c2nc3ccccc3o2)CC1. The van der Waals surface area contributed by atoms with Crippen molar-refractivity contribution < 1.29 is 13.6 Å². The topological polar surface area (TPSA) is 58.4 Å². The van der Waals surface area contributed by atoms with E-state index in [-0.39, 0.29) is 23.1 Å².